The number of anilines is 1. The Morgan fingerprint density at radius 3 is 2.60 bits per heavy atom. The molecule has 0 atom stereocenters. The molecule has 1 fully saturated rings. The number of piperazine rings is 1. The summed E-state index contributed by atoms with van der Waals surface area (Å²) >= 11 is 6.15. The Balaban J connectivity index is 1.43. The zero-order valence-electron chi connectivity index (χ0n) is 16.4. The lowest BCUT2D eigenvalue weighted by molar-refractivity contribution is 0.0746. The second-order valence-corrected chi connectivity index (χ2v) is 7.42. The van der Waals surface area contributed by atoms with Crippen LogP contribution in [0.3, 0.4) is 0 Å². The fourth-order valence-corrected chi connectivity index (χ4v) is 3.52. The lowest BCUT2D eigenvalue weighted by Gasteiger charge is -2.35. The summed E-state index contributed by atoms with van der Waals surface area (Å²) in [5.41, 5.74) is 1.39. The molecule has 0 saturated carbocycles. The normalized spacial score (nSPS) is 14.0. The molecule has 1 aliphatic rings. The molecule has 0 spiro atoms. The third-order valence-corrected chi connectivity index (χ3v) is 5.25. The van der Waals surface area contributed by atoms with Crippen LogP contribution in [-0.2, 0) is 0 Å². The van der Waals surface area contributed by atoms with E-state index in [1.165, 1.54) is 12.4 Å². The highest BCUT2D eigenvalue weighted by molar-refractivity contribution is 6.33. The van der Waals surface area contributed by atoms with Crippen LogP contribution in [0.25, 0.3) is 0 Å². The second-order valence-electron chi connectivity index (χ2n) is 7.01. The quantitative estimate of drug-likeness (QED) is 0.621. The number of aryl methyl sites for hydroxylation is 1. The molecule has 6 nitrogen and oxygen atoms in total. The summed E-state index contributed by atoms with van der Waals surface area (Å²) in [5.74, 6) is 0.515. The summed E-state index contributed by atoms with van der Waals surface area (Å²) in [6.07, 6.45) is 1.39. The van der Waals surface area contributed by atoms with Gasteiger partial charge in [0.15, 0.2) is 11.6 Å². The predicted octanol–water partition coefficient (Wildman–Crippen LogP) is 4.33. The van der Waals surface area contributed by atoms with E-state index in [2.05, 4.69) is 9.97 Å². The third-order valence-electron chi connectivity index (χ3n) is 4.92. The minimum atomic E-state index is -0.451. The number of amides is 1. The molecule has 154 valence electrons. The minimum absolute atomic E-state index is 0.0816. The van der Waals surface area contributed by atoms with Crippen molar-refractivity contribution in [1.29, 1.82) is 0 Å². The zero-order chi connectivity index (χ0) is 21.1. The highest BCUT2D eigenvalue weighted by atomic mass is 35.5. The van der Waals surface area contributed by atoms with Crippen LogP contribution in [0.5, 0.6) is 11.6 Å². The maximum Gasteiger partial charge on any atom is 0.255 e. The van der Waals surface area contributed by atoms with Gasteiger partial charge >= 0.3 is 0 Å². The van der Waals surface area contributed by atoms with Crippen molar-refractivity contribution in [1.82, 2.24) is 14.9 Å². The van der Waals surface area contributed by atoms with Crippen molar-refractivity contribution in [2.24, 2.45) is 0 Å². The van der Waals surface area contributed by atoms with E-state index in [0.717, 1.165) is 5.56 Å². The van der Waals surface area contributed by atoms with Crippen molar-refractivity contribution >= 4 is 23.3 Å². The van der Waals surface area contributed by atoms with Crippen molar-refractivity contribution in [2.45, 2.75) is 6.92 Å². The number of carbonyl (C=O) groups excluding carboxylic acids is 1. The van der Waals surface area contributed by atoms with E-state index >= 15 is 0 Å². The van der Waals surface area contributed by atoms with E-state index in [1.54, 1.807) is 47.4 Å². The van der Waals surface area contributed by atoms with Gasteiger partial charge in [0.2, 0.25) is 5.88 Å². The average Bonchev–Trinajstić information content (AvgIpc) is 2.76. The Kier molecular flexibility index (Phi) is 5.81. The zero-order valence-corrected chi connectivity index (χ0v) is 17.1. The second kappa shape index (κ2) is 8.67. The molecule has 0 unspecified atom stereocenters. The first kappa shape index (κ1) is 20.1. The molecule has 0 radical (unpaired) electrons. The van der Waals surface area contributed by atoms with Crippen molar-refractivity contribution in [2.75, 3.05) is 31.1 Å². The smallest absolute Gasteiger partial charge is 0.255 e. The van der Waals surface area contributed by atoms with Crippen LogP contribution < -0.4 is 9.64 Å². The minimum Gasteiger partial charge on any atom is -0.436 e. The van der Waals surface area contributed by atoms with Crippen LogP contribution in [0.4, 0.5) is 10.2 Å². The van der Waals surface area contributed by atoms with Crippen LogP contribution in [0, 0.1) is 12.7 Å². The first-order valence-electron chi connectivity index (χ1n) is 9.56. The Morgan fingerprint density at radius 2 is 1.83 bits per heavy atom. The van der Waals surface area contributed by atoms with Gasteiger partial charge in [0, 0.05) is 32.2 Å². The van der Waals surface area contributed by atoms with Crippen LogP contribution in [0.2, 0.25) is 5.02 Å². The summed E-state index contributed by atoms with van der Waals surface area (Å²) in [6.45, 7) is 4.14. The summed E-state index contributed by atoms with van der Waals surface area (Å²) in [5, 5.41) is 0.450. The van der Waals surface area contributed by atoms with Gasteiger partial charge in [0.25, 0.3) is 5.91 Å². The van der Waals surface area contributed by atoms with E-state index in [4.69, 9.17) is 16.3 Å². The van der Waals surface area contributed by atoms with Crippen molar-refractivity contribution in [3.05, 3.63) is 76.8 Å². The van der Waals surface area contributed by atoms with E-state index in [-0.39, 0.29) is 17.5 Å². The fourth-order valence-electron chi connectivity index (χ4n) is 3.30. The van der Waals surface area contributed by atoms with E-state index in [1.807, 2.05) is 11.8 Å². The van der Waals surface area contributed by atoms with Crippen molar-refractivity contribution < 1.29 is 13.9 Å². The Labute approximate surface area is 178 Å². The molecule has 0 aliphatic carbocycles. The number of hydrogen-bond acceptors (Lipinski definition) is 5. The number of carbonyl (C=O) groups is 1. The van der Waals surface area contributed by atoms with Crippen molar-refractivity contribution in [3.8, 4) is 11.6 Å². The van der Waals surface area contributed by atoms with Gasteiger partial charge in [0.1, 0.15) is 12.1 Å². The molecule has 1 aromatic heterocycles. The highest BCUT2D eigenvalue weighted by Crippen LogP contribution is 2.26. The highest BCUT2D eigenvalue weighted by Gasteiger charge is 2.24. The molecule has 30 heavy (non-hydrogen) atoms. The molecular formula is C22H20ClFN4O2. The van der Waals surface area contributed by atoms with Crippen LogP contribution in [-0.4, -0.2) is 47.0 Å². The lowest BCUT2D eigenvalue weighted by atomic mass is 10.2. The lowest BCUT2D eigenvalue weighted by Crippen LogP contribution is -2.49. The fraction of sp³-hybridized carbons (Fsp3) is 0.227. The monoisotopic (exact) mass is 426 g/mol. The summed E-state index contributed by atoms with van der Waals surface area (Å²) < 4.78 is 19.6. The van der Waals surface area contributed by atoms with Gasteiger partial charge in [-0.2, -0.15) is 0 Å². The third kappa shape index (κ3) is 4.36. The molecule has 0 bridgehead atoms. The largest absolute Gasteiger partial charge is 0.436 e. The summed E-state index contributed by atoms with van der Waals surface area (Å²) in [4.78, 5) is 24.9. The maximum atomic E-state index is 14.0. The van der Waals surface area contributed by atoms with E-state index in [0.29, 0.717) is 42.6 Å². The van der Waals surface area contributed by atoms with E-state index < -0.39 is 5.82 Å². The van der Waals surface area contributed by atoms with Gasteiger partial charge in [-0.1, -0.05) is 29.8 Å². The Morgan fingerprint density at radius 1 is 1.07 bits per heavy atom. The predicted molar refractivity (Wildman–Crippen MR) is 113 cm³/mol. The number of ether oxygens (including phenoxy) is 1. The molecule has 3 aromatic rings. The molecule has 8 heteroatoms. The molecule has 2 aromatic carbocycles. The topological polar surface area (TPSA) is 58.6 Å². The molecule has 0 N–H and O–H groups in total. The number of rotatable bonds is 4. The van der Waals surface area contributed by atoms with Crippen molar-refractivity contribution in [3.63, 3.8) is 0 Å². The standard InChI is InChI=1S/C22H20ClFN4O2/c1-15-6-7-18(24)19(12-15)30-21-13-20(25-14-26-21)27-8-10-28(11-9-27)22(29)16-4-2-3-5-17(16)23/h2-7,12-14H,8-11H2,1H3. The first-order chi connectivity index (χ1) is 14.5. The first-order valence-corrected chi connectivity index (χ1v) is 9.94. The van der Waals surface area contributed by atoms with Crippen LogP contribution in [0.1, 0.15) is 15.9 Å². The molecular weight excluding hydrogens is 407 g/mol. The van der Waals surface area contributed by atoms with Gasteiger partial charge in [-0.05, 0) is 36.8 Å². The number of aromatic nitrogens is 2. The molecule has 1 amide bonds. The number of benzene rings is 2. The van der Waals surface area contributed by atoms with Gasteiger partial charge in [-0.25, -0.2) is 14.4 Å². The number of hydrogen-bond donors (Lipinski definition) is 0. The van der Waals surface area contributed by atoms with Crippen LogP contribution >= 0.6 is 11.6 Å². The number of nitrogens with zero attached hydrogens (tertiary/aromatic N) is 4. The molecule has 4 rings (SSSR count). The summed E-state index contributed by atoms with van der Waals surface area (Å²) in [6, 6.07) is 13.4. The van der Waals surface area contributed by atoms with Gasteiger partial charge < -0.3 is 14.5 Å². The molecule has 1 aliphatic heterocycles. The molecule has 1 saturated heterocycles. The van der Waals surface area contributed by atoms with Crippen LogP contribution in [0.15, 0.2) is 54.9 Å². The van der Waals surface area contributed by atoms with Gasteiger partial charge in [-0.15, -0.1) is 0 Å². The summed E-state index contributed by atoms with van der Waals surface area (Å²) in [7, 11) is 0. The average molecular weight is 427 g/mol. The van der Waals surface area contributed by atoms with Gasteiger partial charge in [-0.3, -0.25) is 4.79 Å². The van der Waals surface area contributed by atoms with Gasteiger partial charge in [0.05, 0.1) is 10.6 Å². The Hall–Kier alpha value is -3.19. The Bertz CT molecular complexity index is 1070. The maximum absolute atomic E-state index is 14.0. The SMILES string of the molecule is Cc1ccc(F)c(Oc2cc(N3CCN(C(=O)c4ccccc4Cl)CC3)ncn2)c1. The van der Waals surface area contributed by atoms with E-state index in [9.17, 15) is 9.18 Å². The molecule has 2 heterocycles. The number of halogens is 2.